The first-order chi connectivity index (χ1) is 10.3. The molecule has 1 aromatic carbocycles. The summed E-state index contributed by atoms with van der Waals surface area (Å²) in [6, 6.07) is 8.55. The number of hydrogen-bond acceptors (Lipinski definition) is 3. The number of rotatable bonds is 3. The second-order valence-corrected chi connectivity index (χ2v) is 5.95. The Balaban J connectivity index is 1.92. The minimum absolute atomic E-state index is 0.378. The molecule has 1 aliphatic heterocycles. The maximum Gasteiger partial charge on any atom is 0.125 e. The van der Waals surface area contributed by atoms with Gasteiger partial charge in [-0.2, -0.15) is 5.26 Å². The number of benzene rings is 1. The van der Waals surface area contributed by atoms with E-state index in [1.807, 2.05) is 0 Å². The molecule has 0 aliphatic carbocycles. The Morgan fingerprint density at radius 2 is 1.95 bits per heavy atom. The van der Waals surface area contributed by atoms with Crippen molar-refractivity contribution < 1.29 is 0 Å². The summed E-state index contributed by atoms with van der Waals surface area (Å²) in [5.74, 6) is 1.03. The quantitative estimate of drug-likeness (QED) is 0.868. The van der Waals surface area contributed by atoms with Crippen LogP contribution in [-0.4, -0.2) is 27.5 Å². The normalized spacial score (nSPS) is 16.8. The first-order valence-electron chi connectivity index (χ1n) is 7.83. The fraction of sp³-hybridized carbons (Fsp3) is 0.529. The van der Waals surface area contributed by atoms with E-state index in [-0.39, 0.29) is 0 Å². The molecule has 1 aromatic heterocycles. The van der Waals surface area contributed by atoms with Gasteiger partial charge in [0, 0.05) is 0 Å². The van der Waals surface area contributed by atoms with Crippen LogP contribution in [-0.2, 0) is 13.1 Å². The van der Waals surface area contributed by atoms with Crippen LogP contribution in [0.15, 0.2) is 18.2 Å². The van der Waals surface area contributed by atoms with Crippen LogP contribution in [0.2, 0.25) is 0 Å². The van der Waals surface area contributed by atoms with Crippen LogP contribution in [0.3, 0.4) is 0 Å². The van der Waals surface area contributed by atoms with Gasteiger partial charge in [-0.3, -0.25) is 4.90 Å². The Labute approximate surface area is 126 Å². The van der Waals surface area contributed by atoms with E-state index in [0.717, 1.165) is 36.5 Å². The molecule has 1 saturated heterocycles. The molecule has 4 nitrogen and oxygen atoms in total. The predicted molar refractivity (Wildman–Crippen MR) is 83.8 cm³/mol. The number of hydrogen-bond donors (Lipinski definition) is 0. The molecular formula is C17H22N4. The number of aromatic nitrogens is 2. The van der Waals surface area contributed by atoms with Crippen LogP contribution < -0.4 is 0 Å². The molecule has 1 fully saturated rings. The summed E-state index contributed by atoms with van der Waals surface area (Å²) in [5, 5.41) is 9.12. The highest BCUT2D eigenvalue weighted by Gasteiger charge is 2.15. The molecule has 0 unspecified atom stereocenters. The van der Waals surface area contributed by atoms with E-state index in [1.165, 1.54) is 31.2 Å². The van der Waals surface area contributed by atoms with Crippen LogP contribution >= 0.6 is 0 Å². The van der Waals surface area contributed by atoms with Gasteiger partial charge in [0.15, 0.2) is 0 Å². The monoisotopic (exact) mass is 282 g/mol. The summed E-state index contributed by atoms with van der Waals surface area (Å²) >= 11 is 0. The lowest BCUT2D eigenvalue weighted by Crippen LogP contribution is -2.25. The second kappa shape index (κ2) is 6.28. The van der Waals surface area contributed by atoms with E-state index in [2.05, 4.69) is 40.7 Å². The van der Waals surface area contributed by atoms with E-state index in [9.17, 15) is 0 Å². The van der Waals surface area contributed by atoms with Crippen molar-refractivity contribution in [3.05, 3.63) is 29.6 Å². The molecule has 21 heavy (non-hydrogen) atoms. The Morgan fingerprint density at radius 3 is 2.67 bits per heavy atom. The van der Waals surface area contributed by atoms with Crippen molar-refractivity contribution in [1.29, 1.82) is 5.26 Å². The lowest BCUT2D eigenvalue weighted by Gasteiger charge is -2.19. The van der Waals surface area contributed by atoms with Crippen molar-refractivity contribution in [2.45, 2.75) is 45.7 Å². The summed E-state index contributed by atoms with van der Waals surface area (Å²) < 4.78 is 2.07. The molecule has 2 aromatic rings. The maximum absolute atomic E-state index is 9.12. The van der Waals surface area contributed by atoms with E-state index >= 15 is 0 Å². The van der Waals surface area contributed by atoms with Gasteiger partial charge >= 0.3 is 0 Å². The molecule has 3 rings (SSSR count). The number of nitriles is 1. The summed E-state index contributed by atoms with van der Waals surface area (Å²) in [7, 11) is 0. The Kier molecular flexibility index (Phi) is 4.21. The van der Waals surface area contributed by atoms with Crippen LogP contribution in [0.25, 0.3) is 11.0 Å². The smallest absolute Gasteiger partial charge is 0.125 e. The van der Waals surface area contributed by atoms with Gasteiger partial charge < -0.3 is 4.57 Å². The fourth-order valence-electron chi connectivity index (χ4n) is 3.15. The molecule has 0 amide bonds. The lowest BCUT2D eigenvalue weighted by atomic mass is 10.2. The van der Waals surface area contributed by atoms with Crippen molar-refractivity contribution in [3.8, 4) is 6.07 Å². The van der Waals surface area contributed by atoms with Crippen molar-refractivity contribution in [2.75, 3.05) is 13.1 Å². The molecule has 0 radical (unpaired) electrons. The van der Waals surface area contributed by atoms with E-state index in [0.29, 0.717) is 6.54 Å². The first-order valence-corrected chi connectivity index (χ1v) is 7.83. The third-order valence-electron chi connectivity index (χ3n) is 4.28. The zero-order valence-electron chi connectivity index (χ0n) is 12.7. The molecule has 0 N–H and O–H groups in total. The zero-order chi connectivity index (χ0) is 14.7. The highest BCUT2D eigenvalue weighted by molar-refractivity contribution is 5.77. The standard InChI is InChI=1S/C17H22N4/c1-14-6-7-16-15(12-14)19-17(21(16)11-8-18)13-20-9-4-2-3-5-10-20/h6-7,12H,2-5,9-11,13H2,1H3. The fourth-order valence-corrected chi connectivity index (χ4v) is 3.15. The van der Waals surface area contributed by atoms with E-state index in [1.54, 1.807) is 0 Å². The third-order valence-corrected chi connectivity index (χ3v) is 4.28. The molecule has 0 spiro atoms. The van der Waals surface area contributed by atoms with Gasteiger partial charge in [-0.05, 0) is 50.6 Å². The van der Waals surface area contributed by atoms with Crippen LogP contribution in [0, 0.1) is 18.3 Å². The van der Waals surface area contributed by atoms with E-state index in [4.69, 9.17) is 10.2 Å². The molecular weight excluding hydrogens is 260 g/mol. The number of nitrogens with zero attached hydrogens (tertiary/aromatic N) is 4. The second-order valence-electron chi connectivity index (χ2n) is 5.95. The number of imidazole rings is 1. The molecule has 4 heteroatoms. The van der Waals surface area contributed by atoms with Crippen molar-refractivity contribution in [3.63, 3.8) is 0 Å². The number of aryl methyl sites for hydroxylation is 1. The summed E-state index contributed by atoms with van der Waals surface area (Å²) in [6.45, 7) is 5.61. The minimum Gasteiger partial charge on any atom is -0.313 e. The Hall–Kier alpha value is -1.86. The molecule has 110 valence electrons. The highest BCUT2D eigenvalue weighted by Crippen LogP contribution is 2.20. The summed E-state index contributed by atoms with van der Waals surface area (Å²) in [6.07, 6.45) is 5.23. The van der Waals surface area contributed by atoms with Crippen molar-refractivity contribution in [2.24, 2.45) is 0 Å². The molecule has 1 aliphatic rings. The number of likely N-dealkylation sites (tertiary alicyclic amines) is 1. The van der Waals surface area contributed by atoms with Gasteiger partial charge in [0.05, 0.1) is 23.6 Å². The molecule has 0 atom stereocenters. The Bertz CT molecular complexity index is 657. The van der Waals surface area contributed by atoms with Crippen molar-refractivity contribution in [1.82, 2.24) is 14.5 Å². The number of fused-ring (bicyclic) bond motifs is 1. The van der Waals surface area contributed by atoms with Gasteiger partial charge in [0.1, 0.15) is 12.4 Å². The first kappa shape index (κ1) is 14.1. The van der Waals surface area contributed by atoms with Gasteiger partial charge in [-0.15, -0.1) is 0 Å². The maximum atomic E-state index is 9.12. The minimum atomic E-state index is 0.378. The average Bonchev–Trinajstić information content (AvgIpc) is 2.65. The van der Waals surface area contributed by atoms with Crippen LogP contribution in [0.4, 0.5) is 0 Å². The molecule has 0 bridgehead atoms. The Morgan fingerprint density at radius 1 is 1.19 bits per heavy atom. The SMILES string of the molecule is Cc1ccc2c(c1)nc(CN1CCCCCC1)n2CC#N. The van der Waals surface area contributed by atoms with Gasteiger partial charge in [-0.1, -0.05) is 18.9 Å². The molecule has 2 heterocycles. The molecule has 0 saturated carbocycles. The largest absolute Gasteiger partial charge is 0.313 e. The highest BCUT2D eigenvalue weighted by atomic mass is 15.2. The van der Waals surface area contributed by atoms with Crippen molar-refractivity contribution >= 4 is 11.0 Å². The predicted octanol–water partition coefficient (Wildman–Crippen LogP) is 3.24. The van der Waals surface area contributed by atoms with Gasteiger partial charge in [-0.25, -0.2) is 4.98 Å². The van der Waals surface area contributed by atoms with E-state index < -0.39 is 0 Å². The van der Waals surface area contributed by atoms with Gasteiger partial charge in [0.25, 0.3) is 0 Å². The average molecular weight is 282 g/mol. The third kappa shape index (κ3) is 3.08. The van der Waals surface area contributed by atoms with Crippen LogP contribution in [0.5, 0.6) is 0 Å². The lowest BCUT2D eigenvalue weighted by molar-refractivity contribution is 0.267. The summed E-state index contributed by atoms with van der Waals surface area (Å²) in [5.41, 5.74) is 3.30. The topological polar surface area (TPSA) is 44.9 Å². The zero-order valence-corrected chi connectivity index (χ0v) is 12.7. The van der Waals surface area contributed by atoms with Gasteiger partial charge in [0.2, 0.25) is 0 Å². The van der Waals surface area contributed by atoms with Crippen LogP contribution in [0.1, 0.15) is 37.1 Å². The summed E-state index contributed by atoms with van der Waals surface area (Å²) in [4.78, 5) is 7.27.